The Labute approximate surface area is 167 Å². The highest BCUT2D eigenvalue weighted by atomic mass is 16.5. The Morgan fingerprint density at radius 2 is 1.86 bits per heavy atom. The number of benzene rings is 1. The number of carbonyl (C=O) groups is 1. The number of imidazole rings is 1. The number of carbonyl (C=O) groups excluding carboxylic acids is 1. The zero-order chi connectivity index (χ0) is 19.3. The van der Waals surface area contributed by atoms with Gasteiger partial charge in [0.25, 0.3) is 0 Å². The van der Waals surface area contributed by atoms with Crippen molar-refractivity contribution in [1.29, 1.82) is 0 Å². The lowest BCUT2D eigenvalue weighted by molar-refractivity contribution is -0.138. The molecule has 2 fully saturated rings. The fraction of sp³-hybridized carbons (Fsp3) is 0.565. The van der Waals surface area contributed by atoms with E-state index in [0.717, 1.165) is 50.4 Å². The zero-order valence-electron chi connectivity index (χ0n) is 16.8. The van der Waals surface area contributed by atoms with Crippen LogP contribution in [0.15, 0.2) is 36.5 Å². The number of likely N-dealkylation sites (tertiary alicyclic amines) is 1. The smallest absolute Gasteiger partial charge is 0.248 e. The number of nitrogens with zero attached hydrogens (tertiary/aromatic N) is 3. The van der Waals surface area contributed by atoms with Gasteiger partial charge in [-0.3, -0.25) is 4.79 Å². The third-order valence-electron chi connectivity index (χ3n) is 6.05. The summed E-state index contributed by atoms with van der Waals surface area (Å²) in [5.41, 5.74) is 2.39. The zero-order valence-corrected chi connectivity index (χ0v) is 16.8. The number of hydrogen-bond donors (Lipinski definition) is 0. The van der Waals surface area contributed by atoms with E-state index in [0.29, 0.717) is 12.5 Å². The van der Waals surface area contributed by atoms with Crippen LogP contribution in [0, 0.1) is 18.8 Å². The quantitative estimate of drug-likeness (QED) is 0.702. The summed E-state index contributed by atoms with van der Waals surface area (Å²) >= 11 is 0. The van der Waals surface area contributed by atoms with E-state index in [1.165, 1.54) is 24.4 Å². The number of aryl methyl sites for hydroxylation is 1. The van der Waals surface area contributed by atoms with Crippen LogP contribution in [0.4, 0.5) is 0 Å². The van der Waals surface area contributed by atoms with Gasteiger partial charge in [-0.1, -0.05) is 30.3 Å². The van der Waals surface area contributed by atoms with Crippen LogP contribution in [0.5, 0.6) is 0 Å². The minimum absolute atomic E-state index is 0.112. The summed E-state index contributed by atoms with van der Waals surface area (Å²) in [7, 11) is 0. The molecule has 0 N–H and O–H groups in total. The second-order valence-electron chi connectivity index (χ2n) is 8.38. The Morgan fingerprint density at radius 1 is 1.11 bits per heavy atom. The number of ether oxygens (including phenoxy) is 1. The molecule has 0 atom stereocenters. The van der Waals surface area contributed by atoms with E-state index in [9.17, 15) is 4.79 Å². The van der Waals surface area contributed by atoms with Crippen molar-refractivity contribution in [3.05, 3.63) is 53.6 Å². The van der Waals surface area contributed by atoms with Gasteiger partial charge in [-0.15, -0.1) is 0 Å². The van der Waals surface area contributed by atoms with Gasteiger partial charge in [0.2, 0.25) is 5.91 Å². The number of piperidine rings is 1. The highest BCUT2D eigenvalue weighted by Crippen LogP contribution is 2.32. The first-order valence-corrected chi connectivity index (χ1v) is 10.6. The van der Waals surface area contributed by atoms with Crippen molar-refractivity contribution in [3.8, 4) is 0 Å². The molecule has 0 radical (unpaired) electrons. The van der Waals surface area contributed by atoms with Gasteiger partial charge in [-0.05, 0) is 50.0 Å². The topological polar surface area (TPSA) is 47.4 Å². The van der Waals surface area contributed by atoms with E-state index in [1.54, 1.807) is 0 Å². The van der Waals surface area contributed by atoms with Crippen molar-refractivity contribution in [1.82, 2.24) is 14.5 Å². The predicted octanol–water partition coefficient (Wildman–Crippen LogP) is 3.60. The van der Waals surface area contributed by atoms with Crippen molar-refractivity contribution in [3.63, 3.8) is 0 Å². The van der Waals surface area contributed by atoms with Gasteiger partial charge in [0.15, 0.2) is 0 Å². The molecule has 0 unspecified atom stereocenters. The van der Waals surface area contributed by atoms with Gasteiger partial charge in [0, 0.05) is 37.9 Å². The summed E-state index contributed by atoms with van der Waals surface area (Å²) < 4.78 is 8.04. The van der Waals surface area contributed by atoms with E-state index >= 15 is 0 Å². The molecule has 2 aliphatic rings. The van der Waals surface area contributed by atoms with E-state index < -0.39 is 0 Å². The van der Waals surface area contributed by atoms with E-state index in [4.69, 9.17) is 4.74 Å². The number of amides is 1. The molecule has 1 aliphatic carbocycles. The average Bonchev–Trinajstić information content (AvgIpc) is 3.48. The molecule has 5 heteroatoms. The van der Waals surface area contributed by atoms with Crippen LogP contribution in [-0.2, 0) is 29.1 Å². The Bertz CT molecular complexity index is 774. The van der Waals surface area contributed by atoms with Crippen molar-refractivity contribution in [2.75, 3.05) is 19.7 Å². The molecule has 0 bridgehead atoms. The monoisotopic (exact) mass is 381 g/mol. The van der Waals surface area contributed by atoms with Gasteiger partial charge in [-0.2, -0.15) is 0 Å². The molecular formula is C23H31N3O2. The van der Waals surface area contributed by atoms with Crippen LogP contribution in [-0.4, -0.2) is 40.1 Å². The lowest BCUT2D eigenvalue weighted by Crippen LogP contribution is -2.40. The van der Waals surface area contributed by atoms with Crippen LogP contribution in [0.2, 0.25) is 0 Å². The lowest BCUT2D eigenvalue weighted by atomic mass is 9.93. The fourth-order valence-corrected chi connectivity index (χ4v) is 4.05. The summed E-state index contributed by atoms with van der Waals surface area (Å²) in [6.07, 6.45) is 7.89. The molecular weight excluding hydrogens is 350 g/mol. The second-order valence-corrected chi connectivity index (χ2v) is 8.38. The van der Waals surface area contributed by atoms with Crippen molar-refractivity contribution in [2.24, 2.45) is 11.8 Å². The predicted molar refractivity (Wildman–Crippen MR) is 109 cm³/mol. The van der Waals surface area contributed by atoms with Gasteiger partial charge < -0.3 is 14.2 Å². The first-order valence-electron chi connectivity index (χ1n) is 10.6. The van der Waals surface area contributed by atoms with Crippen LogP contribution in [0.1, 0.15) is 42.8 Å². The molecule has 1 aliphatic heterocycles. The van der Waals surface area contributed by atoms with Gasteiger partial charge in [0.1, 0.15) is 12.4 Å². The van der Waals surface area contributed by atoms with Gasteiger partial charge in [-0.25, -0.2) is 4.98 Å². The van der Waals surface area contributed by atoms with Crippen LogP contribution in [0.3, 0.4) is 0 Å². The standard InChI is InChI=1S/C23H31N3O2/c1-18-14-24-22(26(18)15-20-7-8-20)13-19-9-11-25(12-10-19)23(27)17-28-16-21-5-3-2-4-6-21/h2-6,14,19-20H,7-13,15-17H2,1H3. The molecule has 1 aromatic heterocycles. The Hall–Kier alpha value is -2.14. The SMILES string of the molecule is Cc1cnc(CC2CCN(C(=O)COCc3ccccc3)CC2)n1CC1CC1. The van der Waals surface area contributed by atoms with Crippen LogP contribution < -0.4 is 0 Å². The molecule has 2 aromatic rings. The minimum Gasteiger partial charge on any atom is -0.367 e. The maximum atomic E-state index is 12.4. The normalized spacial score (nSPS) is 17.8. The van der Waals surface area contributed by atoms with Crippen LogP contribution >= 0.6 is 0 Å². The molecule has 1 aromatic carbocycles. The molecule has 5 nitrogen and oxygen atoms in total. The molecule has 150 valence electrons. The van der Waals surface area contributed by atoms with Crippen molar-refractivity contribution in [2.45, 2.75) is 52.2 Å². The van der Waals surface area contributed by atoms with Crippen molar-refractivity contribution < 1.29 is 9.53 Å². The van der Waals surface area contributed by atoms with Crippen molar-refractivity contribution >= 4 is 5.91 Å². The van der Waals surface area contributed by atoms with Crippen LogP contribution in [0.25, 0.3) is 0 Å². The molecule has 4 rings (SSSR count). The number of aromatic nitrogens is 2. The van der Waals surface area contributed by atoms with E-state index in [1.807, 2.05) is 41.4 Å². The first-order chi connectivity index (χ1) is 13.7. The fourth-order valence-electron chi connectivity index (χ4n) is 4.05. The van der Waals surface area contributed by atoms with Gasteiger partial charge >= 0.3 is 0 Å². The maximum Gasteiger partial charge on any atom is 0.248 e. The Balaban J connectivity index is 1.20. The second kappa shape index (κ2) is 8.91. The summed E-state index contributed by atoms with van der Waals surface area (Å²) in [6, 6.07) is 10.00. The average molecular weight is 382 g/mol. The third-order valence-corrected chi connectivity index (χ3v) is 6.05. The van der Waals surface area contributed by atoms with E-state index in [2.05, 4.69) is 16.5 Å². The molecule has 1 amide bonds. The largest absolute Gasteiger partial charge is 0.367 e. The number of rotatable bonds is 8. The lowest BCUT2D eigenvalue weighted by Gasteiger charge is -2.32. The van der Waals surface area contributed by atoms with Gasteiger partial charge in [0.05, 0.1) is 6.61 Å². The summed E-state index contributed by atoms with van der Waals surface area (Å²) in [6.45, 7) is 5.63. The number of hydrogen-bond acceptors (Lipinski definition) is 3. The molecule has 1 saturated heterocycles. The summed E-state index contributed by atoms with van der Waals surface area (Å²) in [5.74, 6) is 2.83. The first kappa shape index (κ1) is 19.2. The highest BCUT2D eigenvalue weighted by molar-refractivity contribution is 5.77. The molecule has 2 heterocycles. The Morgan fingerprint density at radius 3 is 2.57 bits per heavy atom. The Kier molecular flexibility index (Phi) is 6.10. The maximum absolute atomic E-state index is 12.4. The molecule has 0 spiro atoms. The molecule has 1 saturated carbocycles. The third kappa shape index (κ3) is 5.02. The van der Waals surface area contributed by atoms with E-state index in [-0.39, 0.29) is 12.5 Å². The highest BCUT2D eigenvalue weighted by Gasteiger charge is 2.26. The molecule has 28 heavy (non-hydrogen) atoms. The summed E-state index contributed by atoms with van der Waals surface area (Å²) in [5, 5.41) is 0. The minimum atomic E-state index is 0.112. The summed E-state index contributed by atoms with van der Waals surface area (Å²) in [4.78, 5) is 19.1.